The molecule has 0 radical (unpaired) electrons. The molecular weight excluding hydrogens is 222 g/mol. The Morgan fingerprint density at radius 2 is 1.50 bits per heavy atom. The molecule has 1 aromatic heterocycles. The molecule has 1 heterocycles. The van der Waals surface area contributed by atoms with Crippen molar-refractivity contribution in [3.8, 4) is 0 Å². The number of carbonyl (C=O) groups excluding carboxylic acids is 1. The fourth-order valence-electron chi connectivity index (χ4n) is 2.36. The van der Waals surface area contributed by atoms with Crippen LogP contribution in [0.25, 0.3) is 0 Å². The molecule has 0 saturated heterocycles. The standard InChI is InChI=1S/C16H17NO/c1-10-5-12(3)15(13(4)6-10)16(18)14-7-11(2)8-17-9-14/h5-9H,1-4H3. The lowest BCUT2D eigenvalue weighted by atomic mass is 9.93. The molecule has 0 unspecified atom stereocenters. The summed E-state index contributed by atoms with van der Waals surface area (Å²) in [6.45, 7) is 7.95. The first-order valence-corrected chi connectivity index (χ1v) is 6.03. The Hall–Kier alpha value is -1.96. The van der Waals surface area contributed by atoms with Crippen LogP contribution in [0.2, 0.25) is 0 Å². The van der Waals surface area contributed by atoms with Crippen LogP contribution in [-0.2, 0) is 0 Å². The number of hydrogen-bond acceptors (Lipinski definition) is 2. The predicted molar refractivity (Wildman–Crippen MR) is 73.1 cm³/mol. The molecule has 18 heavy (non-hydrogen) atoms. The molecule has 1 aromatic carbocycles. The SMILES string of the molecule is Cc1cncc(C(=O)c2c(C)cc(C)cc2C)c1. The fraction of sp³-hybridized carbons (Fsp3) is 0.250. The Bertz CT molecular complexity index is 591. The van der Waals surface area contributed by atoms with Gasteiger partial charge in [-0.15, -0.1) is 0 Å². The van der Waals surface area contributed by atoms with Crippen molar-refractivity contribution in [3.63, 3.8) is 0 Å². The van der Waals surface area contributed by atoms with E-state index in [0.717, 1.165) is 22.3 Å². The van der Waals surface area contributed by atoms with Crippen LogP contribution >= 0.6 is 0 Å². The molecule has 0 bridgehead atoms. The van der Waals surface area contributed by atoms with Crippen molar-refractivity contribution >= 4 is 5.78 Å². The smallest absolute Gasteiger partial charge is 0.195 e. The zero-order valence-electron chi connectivity index (χ0n) is 11.2. The third kappa shape index (κ3) is 2.33. The van der Waals surface area contributed by atoms with Crippen molar-refractivity contribution in [1.29, 1.82) is 0 Å². The van der Waals surface area contributed by atoms with Crippen molar-refractivity contribution in [1.82, 2.24) is 4.98 Å². The Labute approximate surface area is 108 Å². The first-order valence-electron chi connectivity index (χ1n) is 6.03. The first kappa shape index (κ1) is 12.5. The molecular formula is C16H17NO. The molecule has 2 rings (SSSR count). The van der Waals surface area contributed by atoms with E-state index in [2.05, 4.69) is 4.98 Å². The highest BCUT2D eigenvalue weighted by Gasteiger charge is 2.15. The van der Waals surface area contributed by atoms with E-state index in [-0.39, 0.29) is 5.78 Å². The Morgan fingerprint density at radius 3 is 2.06 bits per heavy atom. The van der Waals surface area contributed by atoms with Crippen LogP contribution in [0.4, 0.5) is 0 Å². The van der Waals surface area contributed by atoms with E-state index in [1.807, 2.05) is 45.9 Å². The second kappa shape index (κ2) is 4.73. The van der Waals surface area contributed by atoms with Gasteiger partial charge in [-0.2, -0.15) is 0 Å². The molecule has 0 saturated carbocycles. The van der Waals surface area contributed by atoms with Crippen LogP contribution in [0, 0.1) is 27.7 Å². The average Bonchev–Trinajstić information content (AvgIpc) is 2.27. The van der Waals surface area contributed by atoms with Crippen molar-refractivity contribution < 1.29 is 4.79 Å². The number of aromatic nitrogens is 1. The summed E-state index contributed by atoms with van der Waals surface area (Å²) in [4.78, 5) is 16.6. The highest BCUT2D eigenvalue weighted by atomic mass is 16.1. The highest BCUT2D eigenvalue weighted by molar-refractivity contribution is 6.10. The lowest BCUT2D eigenvalue weighted by Gasteiger charge is -2.10. The number of carbonyl (C=O) groups is 1. The first-order chi connectivity index (χ1) is 8.49. The van der Waals surface area contributed by atoms with Crippen LogP contribution in [0.3, 0.4) is 0 Å². The summed E-state index contributed by atoms with van der Waals surface area (Å²) in [5, 5.41) is 0. The van der Waals surface area contributed by atoms with Crippen molar-refractivity contribution in [3.05, 3.63) is 64.0 Å². The minimum Gasteiger partial charge on any atom is -0.289 e. The normalized spacial score (nSPS) is 10.4. The summed E-state index contributed by atoms with van der Waals surface area (Å²) in [5.74, 6) is 0.0567. The van der Waals surface area contributed by atoms with E-state index in [1.54, 1.807) is 12.4 Å². The van der Waals surface area contributed by atoms with Gasteiger partial charge >= 0.3 is 0 Å². The topological polar surface area (TPSA) is 30.0 Å². The lowest BCUT2D eigenvalue weighted by Crippen LogP contribution is -2.07. The van der Waals surface area contributed by atoms with E-state index in [4.69, 9.17) is 0 Å². The summed E-state index contributed by atoms with van der Waals surface area (Å²) in [5.41, 5.74) is 5.70. The quantitative estimate of drug-likeness (QED) is 0.750. The van der Waals surface area contributed by atoms with Gasteiger partial charge in [-0.25, -0.2) is 0 Å². The molecule has 92 valence electrons. The van der Waals surface area contributed by atoms with Crippen molar-refractivity contribution in [2.75, 3.05) is 0 Å². The summed E-state index contributed by atoms with van der Waals surface area (Å²) < 4.78 is 0. The number of rotatable bonds is 2. The van der Waals surface area contributed by atoms with Gasteiger partial charge in [0.1, 0.15) is 0 Å². The van der Waals surface area contributed by atoms with Crippen LogP contribution < -0.4 is 0 Å². The van der Waals surface area contributed by atoms with Crippen LogP contribution in [0.5, 0.6) is 0 Å². The van der Waals surface area contributed by atoms with Crippen LogP contribution in [0.1, 0.15) is 38.2 Å². The maximum absolute atomic E-state index is 12.5. The molecule has 0 aliphatic heterocycles. The van der Waals surface area contributed by atoms with Gasteiger partial charge in [-0.05, 0) is 50.5 Å². The molecule has 2 aromatic rings. The Morgan fingerprint density at radius 1 is 0.889 bits per heavy atom. The number of nitrogens with zero attached hydrogens (tertiary/aromatic N) is 1. The van der Waals surface area contributed by atoms with Crippen LogP contribution in [0.15, 0.2) is 30.6 Å². The third-order valence-corrected chi connectivity index (χ3v) is 3.04. The Kier molecular flexibility index (Phi) is 3.28. The van der Waals surface area contributed by atoms with Gasteiger partial charge in [0.15, 0.2) is 5.78 Å². The maximum atomic E-state index is 12.5. The van der Waals surface area contributed by atoms with Gasteiger partial charge in [0.25, 0.3) is 0 Å². The van der Waals surface area contributed by atoms with Gasteiger partial charge in [0.05, 0.1) is 0 Å². The molecule has 0 amide bonds. The number of pyridine rings is 1. The zero-order chi connectivity index (χ0) is 13.3. The summed E-state index contributed by atoms with van der Waals surface area (Å²) >= 11 is 0. The fourth-order valence-corrected chi connectivity index (χ4v) is 2.36. The van der Waals surface area contributed by atoms with Gasteiger partial charge in [0.2, 0.25) is 0 Å². The molecule has 0 spiro atoms. The van der Waals surface area contributed by atoms with Crippen molar-refractivity contribution in [2.45, 2.75) is 27.7 Å². The van der Waals surface area contributed by atoms with Gasteiger partial charge in [-0.3, -0.25) is 9.78 Å². The third-order valence-electron chi connectivity index (χ3n) is 3.04. The molecule has 0 aliphatic carbocycles. The lowest BCUT2D eigenvalue weighted by molar-refractivity contribution is 0.103. The van der Waals surface area contributed by atoms with E-state index in [1.165, 1.54) is 5.56 Å². The Balaban J connectivity index is 2.53. The summed E-state index contributed by atoms with van der Waals surface area (Å²) in [6.07, 6.45) is 3.39. The van der Waals surface area contributed by atoms with E-state index in [9.17, 15) is 4.79 Å². The minimum absolute atomic E-state index is 0.0567. The molecule has 0 atom stereocenters. The van der Waals surface area contributed by atoms with Crippen LogP contribution in [-0.4, -0.2) is 10.8 Å². The summed E-state index contributed by atoms with van der Waals surface area (Å²) in [6, 6.07) is 5.97. The second-order valence-electron chi connectivity index (χ2n) is 4.85. The maximum Gasteiger partial charge on any atom is 0.195 e. The number of benzene rings is 1. The minimum atomic E-state index is 0.0567. The molecule has 2 nitrogen and oxygen atoms in total. The molecule has 0 aliphatic rings. The van der Waals surface area contributed by atoms with Gasteiger partial charge < -0.3 is 0 Å². The molecule has 0 fully saturated rings. The highest BCUT2D eigenvalue weighted by Crippen LogP contribution is 2.20. The van der Waals surface area contributed by atoms with E-state index < -0.39 is 0 Å². The van der Waals surface area contributed by atoms with E-state index in [0.29, 0.717) is 5.56 Å². The summed E-state index contributed by atoms with van der Waals surface area (Å²) in [7, 11) is 0. The average molecular weight is 239 g/mol. The van der Waals surface area contributed by atoms with E-state index >= 15 is 0 Å². The second-order valence-corrected chi connectivity index (χ2v) is 4.85. The molecule has 2 heteroatoms. The van der Waals surface area contributed by atoms with Gasteiger partial charge in [0, 0.05) is 23.5 Å². The molecule has 0 N–H and O–H groups in total. The zero-order valence-corrected chi connectivity index (χ0v) is 11.2. The number of aryl methyl sites for hydroxylation is 4. The monoisotopic (exact) mass is 239 g/mol. The predicted octanol–water partition coefficient (Wildman–Crippen LogP) is 3.55. The van der Waals surface area contributed by atoms with Gasteiger partial charge in [-0.1, -0.05) is 17.7 Å². The van der Waals surface area contributed by atoms with Crippen molar-refractivity contribution in [2.24, 2.45) is 0 Å². The number of ketones is 1. The number of hydrogen-bond donors (Lipinski definition) is 0. The largest absolute Gasteiger partial charge is 0.289 e.